The lowest BCUT2D eigenvalue weighted by atomic mass is 9.79. The number of aryl methyl sites for hydroxylation is 1. The van der Waals surface area contributed by atoms with Crippen molar-refractivity contribution in [3.63, 3.8) is 0 Å². The van der Waals surface area contributed by atoms with Crippen molar-refractivity contribution < 1.29 is 14.7 Å². The van der Waals surface area contributed by atoms with Crippen LogP contribution in [0.4, 0.5) is 11.5 Å². The third kappa shape index (κ3) is 5.94. The molecule has 2 aromatic carbocycles. The maximum absolute atomic E-state index is 12.6. The fourth-order valence-electron chi connectivity index (χ4n) is 8.81. The second-order valence-electron chi connectivity index (χ2n) is 14.2. The van der Waals surface area contributed by atoms with Crippen molar-refractivity contribution in [2.45, 2.75) is 88.8 Å². The maximum Gasteiger partial charge on any atom is 0.249 e. The second kappa shape index (κ2) is 12.9. The number of rotatable bonds is 6. The molecule has 4 aliphatic rings. The summed E-state index contributed by atoms with van der Waals surface area (Å²) in [6.45, 7) is 4.97. The largest absolute Gasteiger partial charge is 0.507 e. The number of para-hydroxylation sites is 1. The monoisotopic (exact) mass is 660 g/mol. The Morgan fingerprint density at radius 1 is 0.837 bits per heavy atom. The van der Waals surface area contributed by atoms with Gasteiger partial charge in [-0.15, -0.1) is 10.2 Å². The van der Waals surface area contributed by atoms with Crippen molar-refractivity contribution in [2.75, 3.05) is 30.3 Å². The standard InChI is InChI=1S/C38H44N8O3/c1-23-31(30-21-32(41-42-37(30)39)29-5-2-3-8-35(29)47)22-46(43-23)26-15-18-44(19-16-26)25-11-9-24(10-12-25)27-6-4-7-33-28(27)17-20-45(33)34-13-14-36(48)40-38(34)49/h2-8,21-22,24-26,34,47H,9-20H2,1H3,(H2,39,42)(H,40,48,49). The minimum Gasteiger partial charge on any atom is -0.507 e. The van der Waals surface area contributed by atoms with Gasteiger partial charge in [0, 0.05) is 60.7 Å². The van der Waals surface area contributed by atoms with Crippen LogP contribution in [0.25, 0.3) is 22.4 Å². The van der Waals surface area contributed by atoms with Gasteiger partial charge in [0.2, 0.25) is 11.8 Å². The molecule has 1 unspecified atom stereocenters. The normalized spacial score (nSPS) is 23.4. The van der Waals surface area contributed by atoms with E-state index in [1.165, 1.54) is 42.5 Å². The molecule has 2 aromatic heterocycles. The zero-order chi connectivity index (χ0) is 33.6. The van der Waals surface area contributed by atoms with Crippen LogP contribution < -0.4 is 16.0 Å². The number of piperidine rings is 2. The molecule has 0 spiro atoms. The van der Waals surface area contributed by atoms with Crippen LogP contribution in [0, 0.1) is 6.92 Å². The number of phenolic OH excluding ortho intramolecular Hbond substituents is 1. The summed E-state index contributed by atoms with van der Waals surface area (Å²) in [7, 11) is 0. The Bertz CT molecular complexity index is 1890. The Balaban J connectivity index is 0.891. The van der Waals surface area contributed by atoms with E-state index in [-0.39, 0.29) is 23.6 Å². The van der Waals surface area contributed by atoms with Gasteiger partial charge in [-0.1, -0.05) is 24.3 Å². The Morgan fingerprint density at radius 2 is 1.63 bits per heavy atom. The van der Waals surface area contributed by atoms with Gasteiger partial charge in [0.1, 0.15) is 11.8 Å². The van der Waals surface area contributed by atoms with Crippen molar-refractivity contribution in [3.05, 3.63) is 71.5 Å². The zero-order valence-electron chi connectivity index (χ0n) is 28.0. The first-order chi connectivity index (χ1) is 23.8. The molecule has 4 aromatic rings. The predicted molar refractivity (Wildman–Crippen MR) is 188 cm³/mol. The van der Waals surface area contributed by atoms with E-state index in [2.05, 4.69) is 54.4 Å². The molecule has 2 saturated heterocycles. The summed E-state index contributed by atoms with van der Waals surface area (Å²) in [4.78, 5) is 29.3. The molecule has 8 rings (SSSR count). The highest BCUT2D eigenvalue weighted by Crippen LogP contribution is 2.43. The van der Waals surface area contributed by atoms with Crippen LogP contribution in [0.15, 0.2) is 54.7 Å². The van der Waals surface area contributed by atoms with E-state index >= 15 is 0 Å². The van der Waals surface area contributed by atoms with Crippen molar-refractivity contribution in [1.82, 2.24) is 30.2 Å². The van der Waals surface area contributed by atoms with Crippen LogP contribution in [0.5, 0.6) is 5.75 Å². The number of anilines is 2. The fraction of sp³-hybridized carbons (Fsp3) is 0.447. The topological polar surface area (TPSA) is 142 Å². The number of hydrogen-bond donors (Lipinski definition) is 3. The van der Waals surface area contributed by atoms with E-state index in [1.807, 2.05) is 25.1 Å². The number of nitrogens with zero attached hydrogens (tertiary/aromatic N) is 6. The molecule has 11 nitrogen and oxygen atoms in total. The first-order valence-corrected chi connectivity index (χ1v) is 17.8. The molecule has 1 aliphatic carbocycles. The quantitative estimate of drug-likeness (QED) is 0.240. The van der Waals surface area contributed by atoms with E-state index < -0.39 is 0 Å². The molecule has 4 N–H and O–H groups in total. The predicted octanol–water partition coefficient (Wildman–Crippen LogP) is 5.13. The number of nitrogens with two attached hydrogens (primary N) is 1. The Labute approximate surface area is 286 Å². The first-order valence-electron chi connectivity index (χ1n) is 17.8. The van der Waals surface area contributed by atoms with Gasteiger partial charge in [-0.25, -0.2) is 0 Å². The lowest BCUT2D eigenvalue weighted by molar-refractivity contribution is -0.134. The lowest BCUT2D eigenvalue weighted by Gasteiger charge is -2.41. The molecule has 3 fully saturated rings. The Hall–Kier alpha value is -4.77. The van der Waals surface area contributed by atoms with Gasteiger partial charge < -0.3 is 20.6 Å². The summed E-state index contributed by atoms with van der Waals surface area (Å²) >= 11 is 0. The van der Waals surface area contributed by atoms with E-state index in [4.69, 9.17) is 10.8 Å². The van der Waals surface area contributed by atoms with E-state index in [0.29, 0.717) is 47.9 Å². The maximum atomic E-state index is 12.6. The number of carbonyl (C=O) groups is 2. The molecule has 254 valence electrons. The smallest absolute Gasteiger partial charge is 0.249 e. The van der Waals surface area contributed by atoms with Gasteiger partial charge in [-0.2, -0.15) is 5.10 Å². The molecule has 1 saturated carbocycles. The van der Waals surface area contributed by atoms with E-state index in [1.54, 1.807) is 12.1 Å². The van der Waals surface area contributed by atoms with Crippen LogP contribution in [-0.2, 0) is 16.0 Å². The zero-order valence-corrected chi connectivity index (χ0v) is 28.0. The summed E-state index contributed by atoms with van der Waals surface area (Å²) in [5.41, 5.74) is 14.2. The van der Waals surface area contributed by atoms with Gasteiger partial charge >= 0.3 is 0 Å². The third-order valence-electron chi connectivity index (χ3n) is 11.4. The molecular weight excluding hydrogens is 616 g/mol. The van der Waals surface area contributed by atoms with Crippen LogP contribution in [-0.4, -0.2) is 73.5 Å². The second-order valence-corrected chi connectivity index (χ2v) is 14.2. The molecule has 3 aliphatic heterocycles. The number of imide groups is 1. The van der Waals surface area contributed by atoms with E-state index in [0.717, 1.165) is 55.7 Å². The van der Waals surface area contributed by atoms with Crippen LogP contribution in [0.1, 0.15) is 80.1 Å². The highest BCUT2D eigenvalue weighted by Gasteiger charge is 2.37. The number of aromatic nitrogens is 4. The van der Waals surface area contributed by atoms with Gasteiger partial charge in [0.15, 0.2) is 5.82 Å². The summed E-state index contributed by atoms with van der Waals surface area (Å²) < 4.78 is 2.12. The number of benzene rings is 2. The van der Waals surface area contributed by atoms with Gasteiger partial charge in [-0.05, 0) is 99.6 Å². The Morgan fingerprint density at radius 3 is 2.41 bits per heavy atom. The summed E-state index contributed by atoms with van der Waals surface area (Å²) in [5, 5.41) is 26.3. The molecule has 0 bridgehead atoms. The Kier molecular flexibility index (Phi) is 8.31. The molecule has 1 atom stereocenters. The minimum atomic E-state index is -0.251. The number of carbonyl (C=O) groups excluding carboxylic acids is 2. The van der Waals surface area contributed by atoms with Crippen molar-refractivity contribution >= 4 is 23.3 Å². The molecule has 0 radical (unpaired) electrons. The highest BCUT2D eigenvalue weighted by atomic mass is 16.3. The van der Waals surface area contributed by atoms with Crippen LogP contribution in [0.3, 0.4) is 0 Å². The number of phenols is 1. The summed E-state index contributed by atoms with van der Waals surface area (Å²) in [6, 6.07) is 16.3. The SMILES string of the molecule is Cc1nn(C2CCN(C3CCC(c4cccc5c4CCN5C4CCC(=O)NC4=O)CC3)CC2)cc1-c1cc(-c2ccccc2O)nnc1N. The summed E-state index contributed by atoms with van der Waals surface area (Å²) in [5.74, 6) is 0.738. The molecule has 11 heteroatoms. The number of nitrogen functional groups attached to an aromatic ring is 1. The number of fused-ring (bicyclic) bond motifs is 1. The van der Waals surface area contributed by atoms with Crippen molar-refractivity contribution in [3.8, 4) is 28.1 Å². The average Bonchev–Trinajstić information content (AvgIpc) is 3.73. The van der Waals surface area contributed by atoms with Crippen LogP contribution >= 0.6 is 0 Å². The van der Waals surface area contributed by atoms with Gasteiger partial charge in [0.05, 0.1) is 17.4 Å². The van der Waals surface area contributed by atoms with E-state index in [9.17, 15) is 14.7 Å². The third-order valence-corrected chi connectivity index (χ3v) is 11.4. The van der Waals surface area contributed by atoms with Gasteiger partial charge in [0.25, 0.3) is 0 Å². The lowest BCUT2D eigenvalue weighted by Crippen LogP contribution is -2.52. The van der Waals surface area contributed by atoms with Crippen molar-refractivity contribution in [2.24, 2.45) is 0 Å². The molecule has 5 heterocycles. The van der Waals surface area contributed by atoms with Crippen molar-refractivity contribution in [1.29, 1.82) is 0 Å². The number of aromatic hydroxyl groups is 1. The minimum absolute atomic E-state index is 0.155. The number of amides is 2. The fourth-order valence-corrected chi connectivity index (χ4v) is 8.81. The molecule has 2 amide bonds. The number of hydrogen-bond acceptors (Lipinski definition) is 9. The number of nitrogens with one attached hydrogen (secondary N) is 1. The molecule has 49 heavy (non-hydrogen) atoms. The van der Waals surface area contributed by atoms with Crippen LogP contribution in [0.2, 0.25) is 0 Å². The average molecular weight is 661 g/mol. The van der Waals surface area contributed by atoms with Gasteiger partial charge in [-0.3, -0.25) is 19.6 Å². The highest BCUT2D eigenvalue weighted by molar-refractivity contribution is 6.02. The summed E-state index contributed by atoms with van der Waals surface area (Å²) in [6.07, 6.45) is 10.9. The number of likely N-dealkylation sites (tertiary alicyclic amines) is 1. The first kappa shape index (κ1) is 31.5. The molecular formula is C38H44N8O3.